The summed E-state index contributed by atoms with van der Waals surface area (Å²) in [6.07, 6.45) is 4.06. The van der Waals surface area contributed by atoms with Gasteiger partial charge in [0, 0.05) is 29.7 Å². The van der Waals surface area contributed by atoms with Crippen LogP contribution in [0.2, 0.25) is 0 Å². The molecule has 0 spiro atoms. The molecule has 0 amide bonds. The average Bonchev–Trinajstić information content (AvgIpc) is 3.00. The number of esters is 1. The van der Waals surface area contributed by atoms with Crippen LogP contribution in [-0.4, -0.2) is 22.5 Å². The predicted molar refractivity (Wildman–Crippen MR) is 64.7 cm³/mol. The Kier molecular flexibility index (Phi) is 3.65. The minimum absolute atomic E-state index is 0.000880. The fraction of sp³-hybridized carbons (Fsp3) is 0.308. The summed E-state index contributed by atoms with van der Waals surface area (Å²) >= 11 is 0. The van der Waals surface area contributed by atoms with Gasteiger partial charge in [0.25, 0.3) is 0 Å². The maximum atomic E-state index is 11.6. The van der Waals surface area contributed by atoms with E-state index in [1.54, 1.807) is 0 Å². The summed E-state index contributed by atoms with van der Waals surface area (Å²) in [5.41, 5.74) is 2.03. The lowest BCUT2D eigenvalue weighted by atomic mass is 9.98. The van der Waals surface area contributed by atoms with Crippen LogP contribution in [0.5, 0.6) is 0 Å². The standard InChI is InChI=1S/C13H16N2O2/c1-2-17-13(16)9-10(11-5-3-7-14-11)12-6-4-8-15-12/h3-8,10,14-15H,2,9H2,1H3. The Bertz CT molecular complexity index is 411. The molecular weight excluding hydrogens is 216 g/mol. The molecule has 0 aliphatic heterocycles. The summed E-state index contributed by atoms with van der Waals surface area (Å²) in [7, 11) is 0. The molecule has 2 rings (SSSR count). The zero-order chi connectivity index (χ0) is 12.1. The highest BCUT2D eigenvalue weighted by atomic mass is 16.5. The van der Waals surface area contributed by atoms with Crippen molar-refractivity contribution in [2.45, 2.75) is 19.3 Å². The van der Waals surface area contributed by atoms with Gasteiger partial charge in [-0.2, -0.15) is 0 Å². The summed E-state index contributed by atoms with van der Waals surface area (Å²) < 4.78 is 5.00. The van der Waals surface area contributed by atoms with Crippen molar-refractivity contribution in [3.05, 3.63) is 48.0 Å². The zero-order valence-corrected chi connectivity index (χ0v) is 9.77. The van der Waals surface area contributed by atoms with Crippen LogP contribution in [0.3, 0.4) is 0 Å². The molecule has 0 saturated carbocycles. The van der Waals surface area contributed by atoms with E-state index in [-0.39, 0.29) is 11.9 Å². The molecule has 90 valence electrons. The normalized spacial score (nSPS) is 10.7. The van der Waals surface area contributed by atoms with Crippen molar-refractivity contribution in [1.29, 1.82) is 0 Å². The Morgan fingerprint density at radius 1 is 1.24 bits per heavy atom. The number of nitrogens with one attached hydrogen (secondary N) is 2. The number of hydrogen-bond acceptors (Lipinski definition) is 2. The molecule has 0 fully saturated rings. The quantitative estimate of drug-likeness (QED) is 0.778. The molecule has 0 radical (unpaired) electrons. The Balaban J connectivity index is 2.17. The number of carbonyl (C=O) groups is 1. The van der Waals surface area contributed by atoms with Crippen LogP contribution in [0.15, 0.2) is 36.7 Å². The van der Waals surface area contributed by atoms with E-state index in [1.165, 1.54) is 0 Å². The van der Waals surface area contributed by atoms with Gasteiger partial charge in [0.2, 0.25) is 0 Å². The third-order valence-corrected chi connectivity index (χ3v) is 2.67. The molecular formula is C13H16N2O2. The van der Waals surface area contributed by atoms with Gasteiger partial charge in [-0.1, -0.05) is 0 Å². The Labute approximate surface area is 100 Å². The van der Waals surface area contributed by atoms with Crippen molar-refractivity contribution in [2.24, 2.45) is 0 Å². The van der Waals surface area contributed by atoms with E-state index in [1.807, 2.05) is 43.6 Å². The van der Waals surface area contributed by atoms with Gasteiger partial charge in [0.15, 0.2) is 0 Å². The van der Waals surface area contributed by atoms with E-state index < -0.39 is 0 Å². The number of aromatic amines is 2. The molecule has 0 aliphatic rings. The third kappa shape index (κ3) is 2.78. The van der Waals surface area contributed by atoms with Gasteiger partial charge < -0.3 is 14.7 Å². The summed E-state index contributed by atoms with van der Waals surface area (Å²) in [4.78, 5) is 17.9. The summed E-state index contributed by atoms with van der Waals surface area (Å²) in [6.45, 7) is 2.23. The number of rotatable bonds is 5. The molecule has 0 aliphatic carbocycles. The fourth-order valence-corrected chi connectivity index (χ4v) is 1.90. The van der Waals surface area contributed by atoms with Crippen LogP contribution in [-0.2, 0) is 9.53 Å². The number of ether oxygens (including phenoxy) is 1. The molecule has 4 heteroatoms. The summed E-state index contributed by atoms with van der Waals surface area (Å²) in [5, 5.41) is 0. The molecule has 2 aromatic rings. The minimum atomic E-state index is -0.179. The van der Waals surface area contributed by atoms with Gasteiger partial charge in [-0.25, -0.2) is 0 Å². The second-order valence-corrected chi connectivity index (χ2v) is 3.81. The first-order valence-electron chi connectivity index (χ1n) is 5.73. The minimum Gasteiger partial charge on any atom is -0.466 e. The third-order valence-electron chi connectivity index (χ3n) is 2.67. The molecule has 0 bridgehead atoms. The molecule has 4 nitrogen and oxygen atoms in total. The van der Waals surface area contributed by atoms with Crippen molar-refractivity contribution < 1.29 is 9.53 Å². The van der Waals surface area contributed by atoms with E-state index in [0.29, 0.717) is 13.0 Å². The second kappa shape index (κ2) is 5.39. The predicted octanol–water partition coefficient (Wildman–Crippen LogP) is 2.43. The fourth-order valence-electron chi connectivity index (χ4n) is 1.90. The van der Waals surface area contributed by atoms with Crippen LogP contribution in [0.1, 0.15) is 30.7 Å². The van der Waals surface area contributed by atoms with Gasteiger partial charge in [-0.05, 0) is 31.2 Å². The number of aromatic nitrogens is 2. The topological polar surface area (TPSA) is 57.9 Å². The second-order valence-electron chi connectivity index (χ2n) is 3.81. The monoisotopic (exact) mass is 232 g/mol. The zero-order valence-electron chi connectivity index (χ0n) is 9.77. The highest BCUT2D eigenvalue weighted by molar-refractivity contribution is 5.71. The average molecular weight is 232 g/mol. The smallest absolute Gasteiger partial charge is 0.306 e. The lowest BCUT2D eigenvalue weighted by Crippen LogP contribution is -2.12. The first-order valence-corrected chi connectivity index (χ1v) is 5.73. The van der Waals surface area contributed by atoms with Gasteiger partial charge in [-0.15, -0.1) is 0 Å². The van der Waals surface area contributed by atoms with E-state index in [2.05, 4.69) is 9.97 Å². The Morgan fingerprint density at radius 3 is 2.24 bits per heavy atom. The largest absolute Gasteiger partial charge is 0.466 e. The van der Waals surface area contributed by atoms with Crippen LogP contribution < -0.4 is 0 Å². The Morgan fingerprint density at radius 2 is 1.82 bits per heavy atom. The summed E-state index contributed by atoms with van der Waals surface area (Å²) in [5.74, 6) is -0.180. The first-order chi connectivity index (χ1) is 8.31. The van der Waals surface area contributed by atoms with Gasteiger partial charge in [-0.3, -0.25) is 4.79 Å². The maximum Gasteiger partial charge on any atom is 0.306 e. The number of H-pyrrole nitrogens is 2. The van der Waals surface area contributed by atoms with Crippen molar-refractivity contribution >= 4 is 5.97 Å². The highest BCUT2D eigenvalue weighted by Gasteiger charge is 2.20. The Hall–Kier alpha value is -1.97. The molecule has 2 aromatic heterocycles. The van der Waals surface area contributed by atoms with Gasteiger partial charge >= 0.3 is 5.97 Å². The molecule has 0 aromatic carbocycles. The van der Waals surface area contributed by atoms with E-state index in [0.717, 1.165) is 11.4 Å². The number of hydrogen-bond donors (Lipinski definition) is 2. The molecule has 2 heterocycles. The van der Waals surface area contributed by atoms with E-state index in [4.69, 9.17) is 4.74 Å². The molecule has 0 saturated heterocycles. The van der Waals surface area contributed by atoms with Crippen molar-refractivity contribution in [3.63, 3.8) is 0 Å². The number of carbonyl (C=O) groups excluding carboxylic acids is 1. The lowest BCUT2D eigenvalue weighted by molar-refractivity contribution is -0.143. The molecule has 0 unspecified atom stereocenters. The van der Waals surface area contributed by atoms with Crippen LogP contribution >= 0.6 is 0 Å². The van der Waals surface area contributed by atoms with E-state index >= 15 is 0 Å². The van der Waals surface area contributed by atoms with Crippen molar-refractivity contribution in [2.75, 3.05) is 6.61 Å². The summed E-state index contributed by atoms with van der Waals surface area (Å²) in [6, 6.07) is 7.81. The lowest BCUT2D eigenvalue weighted by Gasteiger charge is -2.13. The SMILES string of the molecule is CCOC(=O)CC(c1ccc[nH]1)c1ccc[nH]1. The van der Waals surface area contributed by atoms with Gasteiger partial charge in [0.1, 0.15) is 0 Å². The molecule has 17 heavy (non-hydrogen) atoms. The van der Waals surface area contributed by atoms with Crippen molar-refractivity contribution in [3.8, 4) is 0 Å². The first kappa shape index (κ1) is 11.5. The molecule has 0 atom stereocenters. The van der Waals surface area contributed by atoms with Crippen LogP contribution in [0, 0.1) is 0 Å². The van der Waals surface area contributed by atoms with Gasteiger partial charge in [0.05, 0.1) is 13.0 Å². The van der Waals surface area contributed by atoms with Crippen LogP contribution in [0.4, 0.5) is 0 Å². The van der Waals surface area contributed by atoms with Crippen LogP contribution in [0.25, 0.3) is 0 Å². The maximum absolute atomic E-state index is 11.6. The van der Waals surface area contributed by atoms with E-state index in [9.17, 15) is 4.79 Å². The van der Waals surface area contributed by atoms with Crippen molar-refractivity contribution in [1.82, 2.24) is 9.97 Å². The highest BCUT2D eigenvalue weighted by Crippen LogP contribution is 2.25. The molecule has 2 N–H and O–H groups in total.